The van der Waals surface area contributed by atoms with Crippen LogP contribution in [-0.4, -0.2) is 13.4 Å². The highest BCUT2D eigenvalue weighted by Gasteiger charge is 2.52. The van der Waals surface area contributed by atoms with E-state index in [4.69, 9.17) is 4.74 Å². The van der Waals surface area contributed by atoms with Gasteiger partial charge in [0, 0.05) is 11.1 Å². The van der Waals surface area contributed by atoms with Gasteiger partial charge in [-0.1, -0.05) is 0 Å². The van der Waals surface area contributed by atoms with E-state index in [2.05, 4.69) is 0 Å². The number of hydrogen-bond donors (Lipinski definition) is 0. The lowest BCUT2D eigenvalue weighted by molar-refractivity contribution is -0.00616. The minimum atomic E-state index is 0.271. The number of hydrogen-bond acceptors (Lipinski definition) is 2. The summed E-state index contributed by atoms with van der Waals surface area (Å²) in [5.41, 5.74) is 2.21. The fraction of sp³-hybridized carbons (Fsp3) is 0.611. The van der Waals surface area contributed by atoms with Gasteiger partial charge in [0.2, 0.25) is 6.29 Å². The van der Waals surface area contributed by atoms with E-state index in [1.165, 1.54) is 44.1 Å². The van der Waals surface area contributed by atoms with Gasteiger partial charge in [-0.25, -0.2) is 0 Å². The van der Waals surface area contributed by atoms with Crippen LogP contribution >= 0.6 is 0 Å². The Morgan fingerprint density at radius 3 is 2.20 bits per heavy atom. The Balaban J connectivity index is 1.81. The Hall–Kier alpha value is -1.31. The monoisotopic (exact) mass is 269 g/mol. The van der Waals surface area contributed by atoms with Crippen LogP contribution in [0.1, 0.15) is 49.7 Å². The molecule has 0 saturated heterocycles. The minimum absolute atomic E-state index is 0.271. The van der Waals surface area contributed by atoms with Crippen molar-refractivity contribution < 1.29 is 9.53 Å². The molecule has 105 valence electrons. The Kier molecular flexibility index (Phi) is 2.70. The fourth-order valence-electron chi connectivity index (χ4n) is 5.63. The van der Waals surface area contributed by atoms with E-state index >= 15 is 0 Å². The summed E-state index contributed by atoms with van der Waals surface area (Å²) >= 11 is 0. The van der Waals surface area contributed by atoms with Gasteiger partial charge in [-0.2, -0.15) is 0 Å². The van der Waals surface area contributed by atoms with Crippen LogP contribution in [0.5, 0.6) is 5.75 Å². The third-order valence-electron chi connectivity index (χ3n) is 5.93. The van der Waals surface area contributed by atoms with Crippen molar-refractivity contribution in [2.24, 2.45) is 17.8 Å². The number of methoxy groups -OCH3 is 1. The fourth-order valence-corrected chi connectivity index (χ4v) is 5.63. The van der Waals surface area contributed by atoms with Gasteiger partial charge in [0.05, 0.1) is 7.11 Å². The second kappa shape index (κ2) is 4.34. The van der Waals surface area contributed by atoms with E-state index in [0.717, 1.165) is 23.5 Å². The van der Waals surface area contributed by atoms with E-state index in [0.29, 0.717) is 5.56 Å². The topological polar surface area (TPSA) is 26.3 Å². The molecule has 1 radical (unpaired) electrons. The molecule has 1 aromatic rings. The molecule has 0 amide bonds. The van der Waals surface area contributed by atoms with Crippen molar-refractivity contribution in [1.29, 1.82) is 0 Å². The summed E-state index contributed by atoms with van der Waals surface area (Å²) in [5.74, 6) is 3.66. The maximum atomic E-state index is 11.0. The van der Waals surface area contributed by atoms with Crippen molar-refractivity contribution in [2.75, 3.05) is 7.11 Å². The van der Waals surface area contributed by atoms with E-state index < -0.39 is 0 Å². The standard InChI is InChI=1S/C18H21O2/c1-20-17-3-2-12(11-19)7-16(17)18-8-13-4-14(9-18)6-15(5-13)10-18/h2-3,7,13-15H,4-6,8-10H2,1H3. The Bertz CT molecular complexity index is 511. The first-order valence-electron chi connectivity index (χ1n) is 7.79. The van der Waals surface area contributed by atoms with Crippen LogP contribution in [0.3, 0.4) is 0 Å². The first-order chi connectivity index (χ1) is 9.72. The lowest BCUT2D eigenvalue weighted by Crippen LogP contribution is -2.48. The highest BCUT2D eigenvalue weighted by molar-refractivity contribution is 5.76. The molecular formula is C18H21O2. The third kappa shape index (κ3) is 1.73. The minimum Gasteiger partial charge on any atom is -0.496 e. The Labute approximate surface area is 120 Å². The molecule has 0 spiro atoms. The molecule has 4 bridgehead atoms. The molecule has 2 heteroatoms. The normalized spacial score (nSPS) is 38.0. The van der Waals surface area contributed by atoms with Gasteiger partial charge in [-0.05, 0) is 79.9 Å². The van der Waals surface area contributed by atoms with Crippen LogP contribution in [0.15, 0.2) is 18.2 Å². The molecule has 0 aromatic heterocycles. The van der Waals surface area contributed by atoms with Crippen molar-refractivity contribution in [1.82, 2.24) is 0 Å². The van der Waals surface area contributed by atoms with Gasteiger partial charge in [-0.3, -0.25) is 4.79 Å². The van der Waals surface area contributed by atoms with E-state index in [-0.39, 0.29) is 5.41 Å². The molecule has 0 aliphatic heterocycles. The summed E-state index contributed by atoms with van der Waals surface area (Å²) in [7, 11) is 1.74. The van der Waals surface area contributed by atoms with E-state index in [1.807, 2.05) is 24.5 Å². The zero-order valence-electron chi connectivity index (χ0n) is 12.0. The quantitative estimate of drug-likeness (QED) is 0.837. The first kappa shape index (κ1) is 12.4. The Morgan fingerprint density at radius 1 is 1.10 bits per heavy atom. The maximum Gasteiger partial charge on any atom is 0.233 e. The van der Waals surface area contributed by atoms with E-state index in [1.54, 1.807) is 7.11 Å². The van der Waals surface area contributed by atoms with Gasteiger partial charge >= 0.3 is 0 Å². The van der Waals surface area contributed by atoms with Crippen molar-refractivity contribution in [3.05, 3.63) is 29.3 Å². The lowest BCUT2D eigenvalue weighted by atomic mass is 9.48. The smallest absolute Gasteiger partial charge is 0.233 e. The van der Waals surface area contributed by atoms with Crippen LogP contribution in [-0.2, 0) is 10.2 Å². The molecule has 20 heavy (non-hydrogen) atoms. The van der Waals surface area contributed by atoms with Crippen LogP contribution in [0.4, 0.5) is 0 Å². The largest absolute Gasteiger partial charge is 0.496 e. The zero-order chi connectivity index (χ0) is 13.7. The number of benzene rings is 1. The van der Waals surface area contributed by atoms with Crippen molar-refractivity contribution >= 4 is 6.29 Å². The number of carbonyl (C=O) groups excluding carboxylic acids is 1. The zero-order valence-corrected chi connectivity index (χ0v) is 12.0. The summed E-state index contributed by atoms with van der Waals surface area (Å²) in [5, 5.41) is 0. The van der Waals surface area contributed by atoms with E-state index in [9.17, 15) is 4.79 Å². The predicted molar refractivity (Wildman–Crippen MR) is 77.6 cm³/mol. The van der Waals surface area contributed by atoms with Crippen molar-refractivity contribution in [3.8, 4) is 5.75 Å². The molecular weight excluding hydrogens is 248 g/mol. The molecule has 0 heterocycles. The molecule has 4 saturated carbocycles. The molecule has 4 aliphatic carbocycles. The summed E-state index contributed by atoms with van der Waals surface area (Å²) in [6.07, 6.45) is 10.2. The highest BCUT2D eigenvalue weighted by Crippen LogP contribution is 2.61. The molecule has 1 aromatic carbocycles. The lowest BCUT2D eigenvalue weighted by Gasteiger charge is -2.57. The first-order valence-corrected chi connectivity index (χ1v) is 7.79. The second-order valence-corrected chi connectivity index (χ2v) is 7.22. The molecule has 0 unspecified atom stereocenters. The number of ether oxygens (including phenoxy) is 1. The van der Waals surface area contributed by atoms with Crippen LogP contribution in [0.2, 0.25) is 0 Å². The summed E-state index contributed by atoms with van der Waals surface area (Å²) in [4.78, 5) is 11.0. The molecule has 2 nitrogen and oxygen atoms in total. The average molecular weight is 269 g/mol. The molecule has 4 aliphatic rings. The van der Waals surface area contributed by atoms with Gasteiger partial charge in [0.1, 0.15) is 5.75 Å². The summed E-state index contributed by atoms with van der Waals surface area (Å²) < 4.78 is 5.60. The third-order valence-corrected chi connectivity index (χ3v) is 5.93. The van der Waals surface area contributed by atoms with Gasteiger partial charge in [-0.15, -0.1) is 0 Å². The SMILES string of the molecule is COc1ccc([C]=O)cc1C12CC3CC(CC(C3)C1)C2. The molecule has 0 atom stereocenters. The van der Waals surface area contributed by atoms with Crippen LogP contribution in [0.25, 0.3) is 0 Å². The maximum absolute atomic E-state index is 11.0. The van der Waals surface area contributed by atoms with Gasteiger partial charge < -0.3 is 4.74 Å². The van der Waals surface area contributed by atoms with Gasteiger partial charge in [0.25, 0.3) is 0 Å². The average Bonchev–Trinajstić information content (AvgIpc) is 2.45. The second-order valence-electron chi connectivity index (χ2n) is 7.22. The molecule has 4 fully saturated rings. The summed E-state index contributed by atoms with van der Waals surface area (Å²) in [6.45, 7) is 0. The molecule has 0 N–H and O–H groups in total. The predicted octanol–water partition coefficient (Wildman–Crippen LogP) is 3.62. The van der Waals surface area contributed by atoms with Crippen LogP contribution < -0.4 is 4.74 Å². The van der Waals surface area contributed by atoms with Crippen molar-refractivity contribution in [2.45, 2.75) is 43.9 Å². The molecule has 5 rings (SSSR count). The van der Waals surface area contributed by atoms with Crippen molar-refractivity contribution in [3.63, 3.8) is 0 Å². The Morgan fingerprint density at radius 2 is 1.70 bits per heavy atom. The van der Waals surface area contributed by atoms with Crippen LogP contribution in [0, 0.1) is 17.8 Å². The van der Waals surface area contributed by atoms with Gasteiger partial charge in [0.15, 0.2) is 0 Å². The summed E-state index contributed by atoms with van der Waals surface area (Å²) in [6, 6.07) is 5.81. The highest BCUT2D eigenvalue weighted by atomic mass is 16.5. The number of rotatable bonds is 3.